The number of fused-ring (bicyclic) bond motifs is 1. The molecular weight excluding hydrogens is 272 g/mol. The van der Waals surface area contributed by atoms with Crippen molar-refractivity contribution in [2.45, 2.75) is 6.54 Å². The first-order chi connectivity index (χ1) is 9.65. The summed E-state index contributed by atoms with van der Waals surface area (Å²) in [6.07, 6.45) is 0. The molecule has 1 heterocycles. The summed E-state index contributed by atoms with van der Waals surface area (Å²) in [6.45, 7) is 0.430. The fraction of sp³-hybridized carbons (Fsp3) is 0.0625. The van der Waals surface area contributed by atoms with Gasteiger partial charge in [0.15, 0.2) is 0 Å². The Morgan fingerprint density at radius 3 is 2.65 bits per heavy atom. The lowest BCUT2D eigenvalue weighted by Crippen LogP contribution is -2.20. The molecule has 2 N–H and O–H groups in total. The van der Waals surface area contributed by atoms with E-state index in [0.29, 0.717) is 17.3 Å². The van der Waals surface area contributed by atoms with E-state index in [1.165, 1.54) is 0 Å². The lowest BCUT2D eigenvalue weighted by atomic mass is 10.1. The van der Waals surface area contributed by atoms with Crippen LogP contribution >= 0.6 is 11.6 Å². The van der Waals surface area contributed by atoms with E-state index in [2.05, 4.69) is 0 Å². The largest absolute Gasteiger partial charge is 0.399 e. The third-order valence-electron chi connectivity index (χ3n) is 3.30. The lowest BCUT2D eigenvalue weighted by molar-refractivity contribution is 0.795. The molecule has 0 unspecified atom stereocenters. The van der Waals surface area contributed by atoms with E-state index in [4.69, 9.17) is 17.3 Å². The third kappa shape index (κ3) is 2.28. The monoisotopic (exact) mass is 284 g/mol. The number of anilines is 1. The van der Waals surface area contributed by atoms with Crippen molar-refractivity contribution in [1.29, 1.82) is 0 Å². The molecule has 3 nitrogen and oxygen atoms in total. The maximum atomic E-state index is 12.1. The summed E-state index contributed by atoms with van der Waals surface area (Å²) in [5.74, 6) is 0. The van der Waals surface area contributed by atoms with Crippen LogP contribution in [-0.4, -0.2) is 4.57 Å². The Kier molecular flexibility index (Phi) is 3.20. The Bertz CT molecular complexity index is 839. The summed E-state index contributed by atoms with van der Waals surface area (Å²) >= 11 is 6.19. The summed E-state index contributed by atoms with van der Waals surface area (Å²) in [5.41, 5.74) is 8.03. The Morgan fingerprint density at radius 1 is 1.05 bits per heavy atom. The summed E-state index contributed by atoms with van der Waals surface area (Å²) in [7, 11) is 0. The molecule has 3 rings (SSSR count). The van der Waals surface area contributed by atoms with Crippen LogP contribution < -0.4 is 11.3 Å². The maximum absolute atomic E-state index is 12.1. The second kappa shape index (κ2) is 5.02. The minimum atomic E-state index is -0.0448. The smallest absolute Gasteiger partial charge is 0.251 e. The number of benzene rings is 2. The second-order valence-corrected chi connectivity index (χ2v) is 5.07. The first-order valence-electron chi connectivity index (χ1n) is 6.27. The number of para-hydroxylation sites is 1. The summed E-state index contributed by atoms with van der Waals surface area (Å²) in [4.78, 5) is 12.1. The normalized spacial score (nSPS) is 10.8. The fourth-order valence-electron chi connectivity index (χ4n) is 2.27. The van der Waals surface area contributed by atoms with Crippen LogP contribution in [0.1, 0.15) is 5.56 Å². The molecule has 0 aliphatic heterocycles. The van der Waals surface area contributed by atoms with Crippen LogP contribution in [0.15, 0.2) is 59.4 Å². The predicted octanol–water partition coefficient (Wildman–Crippen LogP) is 3.29. The van der Waals surface area contributed by atoms with Gasteiger partial charge in [-0.2, -0.15) is 0 Å². The van der Waals surface area contributed by atoms with Gasteiger partial charge in [0.25, 0.3) is 5.56 Å². The fourth-order valence-corrected chi connectivity index (χ4v) is 2.52. The number of pyridine rings is 1. The molecule has 0 bridgehead atoms. The molecule has 0 spiro atoms. The topological polar surface area (TPSA) is 48.0 Å². The number of rotatable bonds is 2. The molecule has 20 heavy (non-hydrogen) atoms. The van der Waals surface area contributed by atoms with Crippen LogP contribution in [0.25, 0.3) is 10.9 Å². The van der Waals surface area contributed by atoms with E-state index >= 15 is 0 Å². The van der Waals surface area contributed by atoms with E-state index < -0.39 is 0 Å². The molecule has 0 aliphatic carbocycles. The van der Waals surface area contributed by atoms with Gasteiger partial charge in [-0.25, -0.2) is 0 Å². The molecule has 0 amide bonds. The summed E-state index contributed by atoms with van der Waals surface area (Å²) in [6, 6.07) is 16.5. The Balaban J connectivity index is 2.15. The SMILES string of the molecule is Nc1ccc(Cn2c(=O)ccc3ccccc32)c(Cl)c1. The van der Waals surface area contributed by atoms with E-state index in [0.717, 1.165) is 16.5 Å². The van der Waals surface area contributed by atoms with E-state index in [-0.39, 0.29) is 5.56 Å². The number of nitrogens with zero attached hydrogens (tertiary/aromatic N) is 1. The number of nitrogens with two attached hydrogens (primary N) is 1. The van der Waals surface area contributed by atoms with Crippen LogP contribution in [0.4, 0.5) is 5.69 Å². The third-order valence-corrected chi connectivity index (χ3v) is 3.66. The summed E-state index contributed by atoms with van der Waals surface area (Å²) in [5, 5.41) is 1.60. The molecule has 1 aromatic heterocycles. The van der Waals surface area contributed by atoms with Crippen molar-refractivity contribution >= 4 is 28.2 Å². The number of halogens is 1. The molecule has 0 saturated heterocycles. The van der Waals surface area contributed by atoms with Gasteiger partial charge >= 0.3 is 0 Å². The van der Waals surface area contributed by atoms with E-state index in [1.807, 2.05) is 36.4 Å². The molecule has 100 valence electrons. The Labute approximate surface area is 121 Å². The lowest BCUT2D eigenvalue weighted by Gasteiger charge is -2.11. The van der Waals surface area contributed by atoms with Gasteiger partial charge in [-0.05, 0) is 35.2 Å². The van der Waals surface area contributed by atoms with Gasteiger partial charge in [-0.3, -0.25) is 4.79 Å². The van der Waals surface area contributed by atoms with Crippen molar-refractivity contribution in [3.63, 3.8) is 0 Å². The number of nitrogen functional groups attached to an aromatic ring is 1. The van der Waals surface area contributed by atoms with Crippen LogP contribution in [0.2, 0.25) is 5.02 Å². The van der Waals surface area contributed by atoms with Crippen molar-refractivity contribution in [2.24, 2.45) is 0 Å². The van der Waals surface area contributed by atoms with E-state index in [9.17, 15) is 4.79 Å². The van der Waals surface area contributed by atoms with Crippen LogP contribution in [0.5, 0.6) is 0 Å². The highest BCUT2D eigenvalue weighted by Gasteiger charge is 2.06. The van der Waals surface area contributed by atoms with Crippen molar-refractivity contribution in [3.8, 4) is 0 Å². The average Bonchev–Trinajstić information content (AvgIpc) is 2.44. The number of aromatic nitrogens is 1. The van der Waals surface area contributed by atoms with Crippen molar-refractivity contribution < 1.29 is 0 Å². The molecular formula is C16H13ClN2O. The van der Waals surface area contributed by atoms with Crippen LogP contribution in [0.3, 0.4) is 0 Å². The summed E-state index contributed by atoms with van der Waals surface area (Å²) < 4.78 is 1.72. The van der Waals surface area contributed by atoms with Crippen molar-refractivity contribution in [1.82, 2.24) is 4.57 Å². The van der Waals surface area contributed by atoms with Gasteiger partial charge < -0.3 is 10.3 Å². The van der Waals surface area contributed by atoms with Crippen LogP contribution in [-0.2, 0) is 6.54 Å². The first kappa shape index (κ1) is 12.8. The highest BCUT2D eigenvalue weighted by molar-refractivity contribution is 6.31. The molecule has 3 aromatic rings. The van der Waals surface area contributed by atoms with Gasteiger partial charge in [0, 0.05) is 16.8 Å². The highest BCUT2D eigenvalue weighted by Crippen LogP contribution is 2.21. The quantitative estimate of drug-likeness (QED) is 0.734. The van der Waals surface area contributed by atoms with Gasteiger partial charge in [0.1, 0.15) is 0 Å². The highest BCUT2D eigenvalue weighted by atomic mass is 35.5. The molecule has 0 radical (unpaired) electrons. The minimum Gasteiger partial charge on any atom is -0.399 e. The Hall–Kier alpha value is -2.26. The van der Waals surface area contributed by atoms with Crippen molar-refractivity contribution in [3.05, 3.63) is 75.5 Å². The molecule has 0 atom stereocenters. The average molecular weight is 285 g/mol. The molecule has 0 saturated carbocycles. The van der Waals surface area contributed by atoms with Crippen molar-refractivity contribution in [2.75, 3.05) is 5.73 Å². The molecule has 0 fully saturated rings. The maximum Gasteiger partial charge on any atom is 0.251 e. The molecule has 4 heteroatoms. The van der Waals surface area contributed by atoms with Gasteiger partial charge in [-0.1, -0.05) is 35.9 Å². The van der Waals surface area contributed by atoms with Gasteiger partial charge in [0.2, 0.25) is 0 Å². The zero-order valence-corrected chi connectivity index (χ0v) is 11.5. The second-order valence-electron chi connectivity index (χ2n) is 4.67. The predicted molar refractivity (Wildman–Crippen MR) is 83.2 cm³/mol. The van der Waals surface area contributed by atoms with Gasteiger partial charge in [0.05, 0.1) is 12.1 Å². The number of hydrogen-bond acceptors (Lipinski definition) is 2. The zero-order valence-electron chi connectivity index (χ0n) is 10.7. The van der Waals surface area contributed by atoms with Gasteiger partial charge in [-0.15, -0.1) is 0 Å². The first-order valence-corrected chi connectivity index (χ1v) is 6.65. The molecule has 2 aromatic carbocycles. The minimum absolute atomic E-state index is 0.0448. The standard InChI is InChI=1S/C16H13ClN2O/c17-14-9-13(18)7-5-12(14)10-19-15-4-2-1-3-11(15)6-8-16(19)20/h1-9H,10,18H2. The van der Waals surface area contributed by atoms with E-state index in [1.54, 1.807) is 22.8 Å². The number of hydrogen-bond donors (Lipinski definition) is 1. The zero-order chi connectivity index (χ0) is 14.1. The van der Waals surface area contributed by atoms with Crippen LogP contribution in [0, 0.1) is 0 Å². The Morgan fingerprint density at radius 2 is 1.85 bits per heavy atom. The molecule has 0 aliphatic rings.